The van der Waals surface area contributed by atoms with Gasteiger partial charge in [0.05, 0.1) is 27.4 Å². The summed E-state index contributed by atoms with van der Waals surface area (Å²) in [5.41, 5.74) is 2.66. The quantitative estimate of drug-likeness (QED) is 0.650. The molecule has 2 aliphatic rings. The maximum absolute atomic E-state index is 13.1. The third-order valence-corrected chi connectivity index (χ3v) is 6.99. The molecule has 2 amide bonds. The Balaban J connectivity index is 1.46. The highest BCUT2D eigenvalue weighted by molar-refractivity contribution is 7.09. The van der Waals surface area contributed by atoms with E-state index < -0.39 is 0 Å². The number of rotatable bonds is 2. The Bertz CT molecular complexity index is 1060. The number of fused-ring (bicyclic) bond motifs is 2. The minimum atomic E-state index is -0.316. The molecule has 5 rings (SSSR count). The summed E-state index contributed by atoms with van der Waals surface area (Å²) < 4.78 is 0. The van der Waals surface area contributed by atoms with Crippen LogP contribution in [0, 0.1) is 6.92 Å². The molecule has 3 aromatic rings. The van der Waals surface area contributed by atoms with Crippen LogP contribution in [-0.2, 0) is 5.41 Å². The van der Waals surface area contributed by atoms with Crippen molar-refractivity contribution in [2.75, 3.05) is 24.5 Å². The number of thiazole rings is 1. The van der Waals surface area contributed by atoms with Crippen molar-refractivity contribution in [2.45, 2.75) is 18.8 Å². The predicted octanol–water partition coefficient (Wildman–Crippen LogP) is 3.35. The Hall–Kier alpha value is -2.58. The number of carbonyl (C=O) groups excluding carboxylic acids is 2. The molecule has 142 valence electrons. The number of amides is 2. The molecule has 5 heterocycles. The van der Waals surface area contributed by atoms with E-state index in [2.05, 4.69) is 9.97 Å². The van der Waals surface area contributed by atoms with Gasteiger partial charge in [-0.25, -0.2) is 4.98 Å². The summed E-state index contributed by atoms with van der Waals surface area (Å²) in [6.07, 6.45) is 2.56. The van der Waals surface area contributed by atoms with Crippen LogP contribution in [-0.4, -0.2) is 46.3 Å². The van der Waals surface area contributed by atoms with Gasteiger partial charge in [-0.15, -0.1) is 11.3 Å². The second kappa shape index (κ2) is 6.49. The fourth-order valence-corrected chi connectivity index (χ4v) is 5.42. The molecule has 3 aromatic heterocycles. The molecule has 1 unspecified atom stereocenters. The zero-order valence-electron chi connectivity index (χ0n) is 15.3. The molecule has 28 heavy (non-hydrogen) atoms. The number of thiophene rings is 1. The second-order valence-corrected chi connectivity index (χ2v) is 9.13. The lowest BCUT2D eigenvalue weighted by atomic mass is 9.85. The van der Waals surface area contributed by atoms with Crippen molar-refractivity contribution < 1.29 is 9.59 Å². The Labute approximate surface area is 170 Å². The lowest BCUT2D eigenvalue weighted by Crippen LogP contribution is -2.40. The van der Waals surface area contributed by atoms with Crippen LogP contribution >= 0.6 is 22.7 Å². The van der Waals surface area contributed by atoms with Gasteiger partial charge < -0.3 is 9.80 Å². The number of pyridine rings is 1. The van der Waals surface area contributed by atoms with Crippen LogP contribution in [0.25, 0.3) is 0 Å². The molecule has 0 aromatic carbocycles. The van der Waals surface area contributed by atoms with E-state index >= 15 is 0 Å². The molecule has 0 bridgehead atoms. The van der Waals surface area contributed by atoms with Crippen LogP contribution in [0.2, 0.25) is 0 Å². The fraction of sp³-hybridized carbons (Fsp3) is 0.300. The second-order valence-electron chi connectivity index (χ2n) is 7.28. The topological polar surface area (TPSA) is 66.4 Å². The van der Waals surface area contributed by atoms with Crippen molar-refractivity contribution in [3.05, 3.63) is 62.5 Å². The summed E-state index contributed by atoms with van der Waals surface area (Å²) in [4.78, 5) is 38.6. The third-order valence-electron chi connectivity index (χ3n) is 5.53. The lowest BCUT2D eigenvalue weighted by molar-refractivity contribution is 0.0779. The number of aromatic nitrogens is 2. The van der Waals surface area contributed by atoms with Gasteiger partial charge in [0.2, 0.25) is 0 Å². The summed E-state index contributed by atoms with van der Waals surface area (Å²) in [6, 6.07) is 5.67. The van der Waals surface area contributed by atoms with Gasteiger partial charge in [0.1, 0.15) is 5.69 Å². The molecule has 0 aliphatic carbocycles. The number of hydrogen-bond donors (Lipinski definition) is 0. The van der Waals surface area contributed by atoms with Gasteiger partial charge in [-0.3, -0.25) is 14.6 Å². The van der Waals surface area contributed by atoms with Crippen LogP contribution in [0.5, 0.6) is 0 Å². The van der Waals surface area contributed by atoms with Gasteiger partial charge in [-0.2, -0.15) is 11.3 Å². The normalized spacial score (nSPS) is 20.8. The van der Waals surface area contributed by atoms with Gasteiger partial charge in [0.25, 0.3) is 11.8 Å². The van der Waals surface area contributed by atoms with Crippen molar-refractivity contribution in [3.8, 4) is 0 Å². The van der Waals surface area contributed by atoms with Crippen LogP contribution < -0.4 is 4.90 Å². The van der Waals surface area contributed by atoms with E-state index in [1.165, 1.54) is 22.7 Å². The minimum absolute atomic E-state index is 0.00715. The van der Waals surface area contributed by atoms with E-state index in [0.717, 1.165) is 22.8 Å². The lowest BCUT2D eigenvalue weighted by Gasteiger charge is -2.24. The summed E-state index contributed by atoms with van der Waals surface area (Å²) in [6.45, 7) is 3.65. The first-order valence-corrected chi connectivity index (χ1v) is 10.9. The van der Waals surface area contributed by atoms with Crippen molar-refractivity contribution in [2.24, 2.45) is 0 Å². The highest BCUT2D eigenvalue weighted by atomic mass is 32.1. The average molecular weight is 411 g/mol. The van der Waals surface area contributed by atoms with Gasteiger partial charge in [0.15, 0.2) is 0 Å². The Morgan fingerprint density at radius 2 is 2.07 bits per heavy atom. The van der Waals surface area contributed by atoms with Gasteiger partial charge >= 0.3 is 0 Å². The summed E-state index contributed by atoms with van der Waals surface area (Å²) in [5, 5.41) is 6.49. The molecule has 0 radical (unpaired) electrons. The van der Waals surface area contributed by atoms with E-state index in [1.807, 2.05) is 51.1 Å². The number of hydrogen-bond acceptors (Lipinski definition) is 6. The fourth-order valence-electron chi connectivity index (χ4n) is 4.20. The summed E-state index contributed by atoms with van der Waals surface area (Å²) in [7, 11) is 0. The molecule has 1 atom stereocenters. The standard InChI is InChI=1S/C20H18N4O2S2/c1-13-22-15(10-28-13)19(26)23-7-5-20(11-23)12-24(16-3-2-6-21-17(16)20)18(25)14-4-8-27-9-14/h2-4,6,8-10H,5,7,11-12H2,1H3. The molecule has 0 saturated carbocycles. The maximum atomic E-state index is 13.1. The van der Waals surface area contributed by atoms with E-state index in [9.17, 15) is 9.59 Å². The molecule has 2 aliphatic heterocycles. The van der Waals surface area contributed by atoms with E-state index in [1.54, 1.807) is 6.20 Å². The zero-order chi connectivity index (χ0) is 19.3. The van der Waals surface area contributed by atoms with E-state index in [0.29, 0.717) is 30.9 Å². The largest absolute Gasteiger partial charge is 0.336 e. The molecule has 0 N–H and O–H groups in total. The average Bonchev–Trinajstić information content (AvgIpc) is 3.49. The Kier molecular flexibility index (Phi) is 4.06. The Morgan fingerprint density at radius 1 is 1.18 bits per heavy atom. The predicted molar refractivity (Wildman–Crippen MR) is 109 cm³/mol. The first-order valence-electron chi connectivity index (χ1n) is 9.08. The van der Waals surface area contributed by atoms with Crippen molar-refractivity contribution in [1.82, 2.24) is 14.9 Å². The highest BCUT2D eigenvalue weighted by Crippen LogP contribution is 2.45. The first kappa shape index (κ1) is 17.5. The summed E-state index contributed by atoms with van der Waals surface area (Å²) >= 11 is 3.00. The highest BCUT2D eigenvalue weighted by Gasteiger charge is 2.51. The minimum Gasteiger partial charge on any atom is -0.336 e. The Morgan fingerprint density at radius 3 is 2.82 bits per heavy atom. The molecule has 8 heteroatoms. The number of aryl methyl sites for hydroxylation is 1. The van der Waals surface area contributed by atoms with Crippen LogP contribution in [0.3, 0.4) is 0 Å². The molecule has 1 spiro atoms. The van der Waals surface area contributed by atoms with Gasteiger partial charge in [-0.1, -0.05) is 0 Å². The number of carbonyl (C=O) groups is 2. The third kappa shape index (κ3) is 2.67. The van der Waals surface area contributed by atoms with Crippen molar-refractivity contribution >= 4 is 40.2 Å². The molecule has 6 nitrogen and oxygen atoms in total. The van der Waals surface area contributed by atoms with Crippen LogP contribution in [0.15, 0.2) is 40.5 Å². The van der Waals surface area contributed by atoms with Gasteiger partial charge in [0, 0.05) is 36.6 Å². The molecular formula is C20H18N4O2S2. The van der Waals surface area contributed by atoms with Crippen molar-refractivity contribution in [3.63, 3.8) is 0 Å². The van der Waals surface area contributed by atoms with E-state index in [4.69, 9.17) is 0 Å². The summed E-state index contributed by atoms with van der Waals surface area (Å²) in [5.74, 6) is -0.0476. The van der Waals surface area contributed by atoms with Crippen LogP contribution in [0.1, 0.15) is 38.0 Å². The van der Waals surface area contributed by atoms with E-state index in [-0.39, 0.29) is 17.2 Å². The van der Waals surface area contributed by atoms with Crippen molar-refractivity contribution in [1.29, 1.82) is 0 Å². The van der Waals surface area contributed by atoms with Crippen LogP contribution in [0.4, 0.5) is 5.69 Å². The SMILES string of the molecule is Cc1nc(C(=O)N2CCC3(C2)CN(C(=O)c2ccsc2)c2cccnc23)cs1. The first-order chi connectivity index (χ1) is 13.6. The number of nitrogens with zero attached hydrogens (tertiary/aromatic N) is 4. The zero-order valence-corrected chi connectivity index (χ0v) is 16.9. The molecular weight excluding hydrogens is 392 g/mol. The van der Waals surface area contributed by atoms with Gasteiger partial charge in [-0.05, 0) is 36.9 Å². The smallest absolute Gasteiger partial charge is 0.273 e. The molecule has 1 fully saturated rings. The number of anilines is 1. The number of likely N-dealkylation sites (tertiary alicyclic amines) is 1. The maximum Gasteiger partial charge on any atom is 0.273 e. The molecule has 1 saturated heterocycles. The monoisotopic (exact) mass is 410 g/mol.